The summed E-state index contributed by atoms with van der Waals surface area (Å²) in [5, 5.41) is 10.2. The first-order valence-electron chi connectivity index (χ1n) is 15.6. The molecule has 2 bridgehead atoms. The van der Waals surface area contributed by atoms with Gasteiger partial charge in [-0.3, -0.25) is 19.2 Å². The zero-order valence-corrected chi connectivity index (χ0v) is 28.4. The molecule has 1 unspecified atom stereocenters. The number of ether oxygens (including phenoxy) is 2. The smallest absolute Gasteiger partial charge is 0.313 e. The molecule has 246 valence electrons. The first kappa shape index (κ1) is 34.8. The SMILES string of the molecule is C=CCCC(=O)N(C)[C@@H](C)[C@@H](OC(=O)[C@H]1[C@@H]2O[C@@]3(CC2Br)[C@@H]1C(=O)N([C@H](C)CO)[C@@H]3C(=O)N(CC=C)C(C)C)c1ccccc1. The Bertz CT molecular complexity index is 1290. The van der Waals surface area contributed by atoms with Crippen molar-refractivity contribution < 1.29 is 33.8 Å². The highest BCUT2D eigenvalue weighted by Gasteiger charge is 2.77. The van der Waals surface area contributed by atoms with E-state index in [0.29, 0.717) is 18.4 Å². The minimum Gasteiger partial charge on any atom is -0.455 e. The summed E-state index contributed by atoms with van der Waals surface area (Å²) in [4.78, 5) is 60.1. The molecule has 1 N–H and O–H groups in total. The number of esters is 1. The second-order valence-corrected chi connectivity index (χ2v) is 13.8. The maximum absolute atomic E-state index is 14.3. The van der Waals surface area contributed by atoms with Crippen molar-refractivity contribution in [2.45, 2.75) is 93.8 Å². The van der Waals surface area contributed by atoms with E-state index >= 15 is 0 Å². The average Bonchev–Trinajstić information content (AvgIpc) is 3.63. The summed E-state index contributed by atoms with van der Waals surface area (Å²) in [5.74, 6) is -3.46. The number of nitrogens with zero attached hydrogens (tertiary/aromatic N) is 3. The van der Waals surface area contributed by atoms with Gasteiger partial charge in [0, 0.05) is 30.9 Å². The molecule has 4 rings (SSSR count). The summed E-state index contributed by atoms with van der Waals surface area (Å²) in [6.07, 6.45) is 2.91. The third kappa shape index (κ3) is 6.23. The van der Waals surface area contributed by atoms with Gasteiger partial charge in [0.2, 0.25) is 17.7 Å². The lowest BCUT2D eigenvalue weighted by Gasteiger charge is -2.39. The van der Waals surface area contributed by atoms with Crippen LogP contribution in [-0.2, 0) is 28.7 Å². The number of allylic oxidation sites excluding steroid dienone is 1. The van der Waals surface area contributed by atoms with E-state index in [2.05, 4.69) is 29.1 Å². The van der Waals surface area contributed by atoms with Crippen molar-refractivity contribution >= 4 is 39.6 Å². The fourth-order valence-electron chi connectivity index (χ4n) is 7.15. The van der Waals surface area contributed by atoms with Crippen molar-refractivity contribution in [1.82, 2.24) is 14.7 Å². The van der Waals surface area contributed by atoms with Gasteiger partial charge in [0.25, 0.3) is 0 Å². The Morgan fingerprint density at radius 1 is 1.18 bits per heavy atom. The molecule has 0 aromatic heterocycles. The molecule has 11 heteroatoms. The van der Waals surface area contributed by atoms with E-state index < -0.39 is 59.6 Å². The molecule has 3 amide bonds. The number of fused-ring (bicyclic) bond motifs is 1. The fourth-order valence-corrected chi connectivity index (χ4v) is 8.10. The molecule has 3 aliphatic heterocycles. The van der Waals surface area contributed by atoms with Crippen LogP contribution in [0.4, 0.5) is 0 Å². The molecule has 3 aliphatic rings. The molecule has 9 atom stereocenters. The summed E-state index contributed by atoms with van der Waals surface area (Å²) >= 11 is 3.70. The van der Waals surface area contributed by atoms with Crippen molar-refractivity contribution in [3.63, 3.8) is 0 Å². The van der Waals surface area contributed by atoms with Crippen molar-refractivity contribution in [2.24, 2.45) is 11.8 Å². The lowest BCUT2D eigenvalue weighted by atomic mass is 9.70. The van der Waals surface area contributed by atoms with E-state index in [1.54, 1.807) is 35.9 Å². The Morgan fingerprint density at radius 2 is 1.84 bits per heavy atom. The quantitative estimate of drug-likeness (QED) is 0.180. The summed E-state index contributed by atoms with van der Waals surface area (Å²) in [6, 6.07) is 6.75. The molecule has 3 heterocycles. The number of aliphatic hydroxyl groups excluding tert-OH is 1. The van der Waals surface area contributed by atoms with Gasteiger partial charge in [0.05, 0.1) is 36.6 Å². The molecule has 3 fully saturated rings. The minimum atomic E-state index is -1.29. The topological polar surface area (TPSA) is 117 Å². The number of alkyl halides is 1. The number of likely N-dealkylation sites (N-methyl/N-ethyl adjacent to an activating group) is 1. The van der Waals surface area contributed by atoms with E-state index in [1.807, 2.05) is 51.1 Å². The highest BCUT2D eigenvalue weighted by Crippen LogP contribution is 2.61. The van der Waals surface area contributed by atoms with E-state index in [1.165, 1.54) is 4.90 Å². The number of rotatable bonds is 14. The van der Waals surface area contributed by atoms with Gasteiger partial charge in [-0.2, -0.15) is 0 Å². The molecule has 10 nitrogen and oxygen atoms in total. The molecule has 1 aromatic rings. The molecule has 1 spiro atoms. The number of carbonyl (C=O) groups excluding carboxylic acids is 4. The fraction of sp³-hybridized carbons (Fsp3) is 0.588. The standard InChI is InChI=1S/C34H46BrN3O7/c1-8-10-16-25(40)36(7)22(6)28(23-14-12-11-13-15-23)44-33(43)26-27-31(41)38(21(5)19-39)30(32(42)37(17-9-2)20(3)4)34(27)18-24(35)29(26)45-34/h8-9,11-15,20-22,24,26-30,39H,1-2,10,16-19H2,3-7H3/t21-,22+,24?,26-,27+,28-,29-,30-,34+/m1/s1. The van der Waals surface area contributed by atoms with Crippen LogP contribution in [0.2, 0.25) is 0 Å². The predicted octanol–water partition coefficient (Wildman–Crippen LogP) is 3.64. The first-order valence-corrected chi connectivity index (χ1v) is 16.6. The Hall–Kier alpha value is -3.02. The average molecular weight is 689 g/mol. The van der Waals surface area contributed by atoms with Crippen LogP contribution in [0.15, 0.2) is 55.6 Å². The Kier molecular flexibility index (Phi) is 11.0. The Balaban J connectivity index is 1.72. The zero-order valence-electron chi connectivity index (χ0n) is 26.8. The van der Waals surface area contributed by atoms with Gasteiger partial charge >= 0.3 is 5.97 Å². The van der Waals surface area contributed by atoms with Crippen LogP contribution in [0, 0.1) is 11.8 Å². The van der Waals surface area contributed by atoms with Crippen molar-refractivity contribution in [3.05, 3.63) is 61.2 Å². The molecular weight excluding hydrogens is 642 g/mol. The second-order valence-electron chi connectivity index (χ2n) is 12.7. The van der Waals surface area contributed by atoms with Gasteiger partial charge in [0.1, 0.15) is 17.7 Å². The van der Waals surface area contributed by atoms with Crippen molar-refractivity contribution in [1.29, 1.82) is 0 Å². The monoisotopic (exact) mass is 687 g/mol. The molecule has 3 saturated heterocycles. The van der Waals surface area contributed by atoms with Gasteiger partial charge < -0.3 is 29.3 Å². The van der Waals surface area contributed by atoms with Gasteiger partial charge in [-0.25, -0.2) is 0 Å². The predicted molar refractivity (Wildman–Crippen MR) is 173 cm³/mol. The minimum absolute atomic E-state index is 0.114. The van der Waals surface area contributed by atoms with Crippen LogP contribution < -0.4 is 0 Å². The molecule has 0 radical (unpaired) electrons. The summed E-state index contributed by atoms with van der Waals surface area (Å²) in [5.41, 5.74) is -0.589. The number of benzene rings is 1. The number of likely N-dealkylation sites (tertiary alicyclic amines) is 1. The third-order valence-corrected chi connectivity index (χ3v) is 10.4. The summed E-state index contributed by atoms with van der Waals surface area (Å²) in [7, 11) is 1.68. The maximum Gasteiger partial charge on any atom is 0.313 e. The maximum atomic E-state index is 14.3. The number of aliphatic hydroxyl groups is 1. The summed E-state index contributed by atoms with van der Waals surface area (Å²) < 4.78 is 12.9. The van der Waals surface area contributed by atoms with Crippen LogP contribution in [0.5, 0.6) is 0 Å². The molecule has 45 heavy (non-hydrogen) atoms. The van der Waals surface area contributed by atoms with Crippen molar-refractivity contribution in [2.75, 3.05) is 20.2 Å². The highest BCUT2D eigenvalue weighted by molar-refractivity contribution is 9.09. The third-order valence-electron chi connectivity index (χ3n) is 9.58. The zero-order chi connectivity index (χ0) is 33.2. The lowest BCUT2D eigenvalue weighted by molar-refractivity contribution is -0.165. The first-order chi connectivity index (χ1) is 21.4. The lowest BCUT2D eigenvalue weighted by Crippen LogP contribution is -2.59. The Labute approximate surface area is 274 Å². The van der Waals surface area contributed by atoms with Gasteiger partial charge in [0.15, 0.2) is 0 Å². The highest BCUT2D eigenvalue weighted by atomic mass is 79.9. The van der Waals surface area contributed by atoms with Crippen LogP contribution >= 0.6 is 15.9 Å². The molecular formula is C34H46BrN3O7. The van der Waals surface area contributed by atoms with E-state index in [9.17, 15) is 24.3 Å². The number of halogens is 1. The van der Waals surface area contributed by atoms with E-state index in [-0.39, 0.29) is 42.3 Å². The second kappa shape index (κ2) is 14.2. The molecule has 1 aromatic carbocycles. The van der Waals surface area contributed by atoms with Crippen LogP contribution in [-0.4, -0.2) is 104 Å². The van der Waals surface area contributed by atoms with E-state index in [0.717, 1.165) is 0 Å². The van der Waals surface area contributed by atoms with Gasteiger partial charge in [-0.15, -0.1) is 13.2 Å². The number of carbonyl (C=O) groups is 4. The normalized spacial score (nSPS) is 28.8. The van der Waals surface area contributed by atoms with Crippen LogP contribution in [0.1, 0.15) is 58.6 Å². The number of amides is 3. The van der Waals surface area contributed by atoms with Gasteiger partial charge in [-0.1, -0.05) is 58.4 Å². The molecule has 0 aliphatic carbocycles. The van der Waals surface area contributed by atoms with Gasteiger partial charge in [-0.05, 0) is 46.1 Å². The van der Waals surface area contributed by atoms with Crippen LogP contribution in [0.3, 0.4) is 0 Å². The largest absolute Gasteiger partial charge is 0.455 e. The number of hydrogen-bond acceptors (Lipinski definition) is 7. The van der Waals surface area contributed by atoms with Crippen molar-refractivity contribution in [3.8, 4) is 0 Å². The van der Waals surface area contributed by atoms with Crippen LogP contribution in [0.25, 0.3) is 0 Å². The molecule has 0 saturated carbocycles. The Morgan fingerprint density at radius 3 is 2.42 bits per heavy atom. The summed E-state index contributed by atoms with van der Waals surface area (Å²) in [6.45, 7) is 14.7. The van der Waals surface area contributed by atoms with E-state index in [4.69, 9.17) is 9.47 Å². The number of hydrogen-bond donors (Lipinski definition) is 1.